The number of nitrogens with zero attached hydrogens (tertiary/aromatic N) is 1. The van der Waals surface area contributed by atoms with E-state index in [1.54, 1.807) is 18.2 Å². The Morgan fingerprint density at radius 3 is 2.38 bits per heavy atom. The molecule has 1 aromatic carbocycles. The van der Waals surface area contributed by atoms with Gasteiger partial charge in [-0.05, 0) is 6.07 Å². The Labute approximate surface area is 126 Å². The van der Waals surface area contributed by atoms with E-state index in [0.29, 0.717) is 17.2 Å². The summed E-state index contributed by atoms with van der Waals surface area (Å²) in [5.74, 6) is 0.725. The van der Waals surface area contributed by atoms with Crippen molar-refractivity contribution >= 4 is 28.9 Å². The van der Waals surface area contributed by atoms with E-state index in [1.807, 2.05) is 0 Å². The van der Waals surface area contributed by atoms with E-state index in [2.05, 4.69) is 10.3 Å². The molecule has 21 heavy (non-hydrogen) atoms. The standard InChI is InChI=1S/C14H14ClN3O3/c1-20-9-3-8(4-10(5-9)21-2)18-14(19)11-6-13(15)17-7-12(11)16/h3-7H,16H2,1-2H3,(H,18,19). The molecule has 2 aromatic rings. The topological polar surface area (TPSA) is 86.5 Å². The van der Waals surface area contributed by atoms with Crippen LogP contribution >= 0.6 is 11.6 Å². The average molecular weight is 308 g/mol. The summed E-state index contributed by atoms with van der Waals surface area (Å²) in [4.78, 5) is 16.0. The lowest BCUT2D eigenvalue weighted by molar-refractivity contribution is 0.102. The van der Waals surface area contributed by atoms with Crippen molar-refractivity contribution in [1.82, 2.24) is 4.98 Å². The number of hydrogen-bond donors (Lipinski definition) is 2. The lowest BCUT2D eigenvalue weighted by Gasteiger charge is -2.11. The third-order valence-electron chi connectivity index (χ3n) is 2.76. The van der Waals surface area contributed by atoms with Crippen molar-refractivity contribution in [3.8, 4) is 11.5 Å². The Bertz CT molecular complexity index is 654. The van der Waals surface area contributed by atoms with Gasteiger partial charge in [-0.1, -0.05) is 11.6 Å². The van der Waals surface area contributed by atoms with Gasteiger partial charge >= 0.3 is 0 Å². The van der Waals surface area contributed by atoms with Crippen molar-refractivity contribution in [2.75, 3.05) is 25.3 Å². The fourth-order valence-electron chi connectivity index (χ4n) is 1.72. The Hall–Kier alpha value is -2.47. The highest BCUT2D eigenvalue weighted by atomic mass is 35.5. The third-order valence-corrected chi connectivity index (χ3v) is 2.96. The molecule has 0 radical (unpaired) electrons. The number of anilines is 2. The summed E-state index contributed by atoms with van der Waals surface area (Å²) in [6.45, 7) is 0. The summed E-state index contributed by atoms with van der Waals surface area (Å²) in [6, 6.07) is 6.44. The van der Waals surface area contributed by atoms with Crippen LogP contribution in [0, 0.1) is 0 Å². The van der Waals surface area contributed by atoms with E-state index < -0.39 is 5.91 Å². The number of nitrogen functional groups attached to an aromatic ring is 1. The van der Waals surface area contributed by atoms with Crippen molar-refractivity contribution in [2.45, 2.75) is 0 Å². The fourth-order valence-corrected chi connectivity index (χ4v) is 1.87. The lowest BCUT2D eigenvalue weighted by atomic mass is 10.2. The van der Waals surface area contributed by atoms with Gasteiger partial charge in [0.1, 0.15) is 16.7 Å². The predicted octanol–water partition coefficient (Wildman–Crippen LogP) is 2.59. The molecule has 2 rings (SSSR count). The monoisotopic (exact) mass is 307 g/mol. The molecule has 0 unspecified atom stereocenters. The normalized spacial score (nSPS) is 10.0. The van der Waals surface area contributed by atoms with Gasteiger partial charge in [-0.2, -0.15) is 0 Å². The number of nitrogens with one attached hydrogen (secondary N) is 1. The molecular formula is C14H14ClN3O3. The summed E-state index contributed by atoms with van der Waals surface area (Å²) in [5.41, 5.74) is 6.73. The fraction of sp³-hybridized carbons (Fsp3) is 0.143. The van der Waals surface area contributed by atoms with Gasteiger partial charge in [-0.3, -0.25) is 4.79 Å². The smallest absolute Gasteiger partial charge is 0.257 e. The first kappa shape index (κ1) is 14.9. The molecule has 0 bridgehead atoms. The molecule has 3 N–H and O–H groups in total. The molecule has 0 saturated heterocycles. The first-order valence-electron chi connectivity index (χ1n) is 5.99. The molecule has 1 aromatic heterocycles. The van der Waals surface area contributed by atoms with Crippen LogP contribution in [0.1, 0.15) is 10.4 Å². The Kier molecular flexibility index (Phi) is 4.49. The number of nitrogens with two attached hydrogens (primary N) is 1. The zero-order valence-electron chi connectivity index (χ0n) is 11.5. The zero-order chi connectivity index (χ0) is 15.4. The van der Waals surface area contributed by atoms with Crippen molar-refractivity contribution < 1.29 is 14.3 Å². The molecule has 110 valence electrons. The van der Waals surface area contributed by atoms with Crippen molar-refractivity contribution in [1.29, 1.82) is 0 Å². The second-order valence-electron chi connectivity index (χ2n) is 4.15. The van der Waals surface area contributed by atoms with Crippen LogP contribution < -0.4 is 20.5 Å². The molecule has 0 aliphatic heterocycles. The molecule has 0 aliphatic carbocycles. The highest BCUT2D eigenvalue weighted by Crippen LogP contribution is 2.26. The SMILES string of the molecule is COc1cc(NC(=O)c2cc(Cl)ncc2N)cc(OC)c1. The summed E-state index contributed by atoms with van der Waals surface area (Å²) >= 11 is 5.77. The second kappa shape index (κ2) is 6.32. The number of ether oxygens (including phenoxy) is 2. The van der Waals surface area contributed by atoms with Gasteiger partial charge in [0.2, 0.25) is 0 Å². The van der Waals surface area contributed by atoms with E-state index in [-0.39, 0.29) is 16.4 Å². The molecule has 6 nitrogen and oxygen atoms in total. The van der Waals surface area contributed by atoms with Gasteiger partial charge in [-0.25, -0.2) is 4.98 Å². The average Bonchev–Trinajstić information content (AvgIpc) is 2.49. The van der Waals surface area contributed by atoms with Gasteiger partial charge in [0, 0.05) is 23.9 Å². The van der Waals surface area contributed by atoms with E-state index in [0.717, 1.165) is 0 Å². The van der Waals surface area contributed by atoms with Crippen molar-refractivity contribution in [3.05, 3.63) is 41.2 Å². The molecule has 1 heterocycles. The van der Waals surface area contributed by atoms with E-state index >= 15 is 0 Å². The lowest BCUT2D eigenvalue weighted by Crippen LogP contribution is -2.14. The summed E-state index contributed by atoms with van der Waals surface area (Å²) in [6.07, 6.45) is 1.34. The van der Waals surface area contributed by atoms with Crippen molar-refractivity contribution in [2.24, 2.45) is 0 Å². The number of pyridine rings is 1. The summed E-state index contributed by atoms with van der Waals surface area (Å²) < 4.78 is 10.3. The van der Waals surface area contributed by atoms with Crippen LogP contribution in [0.2, 0.25) is 5.15 Å². The van der Waals surface area contributed by atoms with Crippen LogP contribution in [0.5, 0.6) is 11.5 Å². The molecule has 0 aliphatic rings. The quantitative estimate of drug-likeness (QED) is 0.848. The molecule has 7 heteroatoms. The predicted molar refractivity (Wildman–Crippen MR) is 81.2 cm³/mol. The maximum absolute atomic E-state index is 12.2. The van der Waals surface area contributed by atoms with Crippen LogP contribution in [0.3, 0.4) is 0 Å². The highest BCUT2D eigenvalue weighted by molar-refractivity contribution is 6.30. The van der Waals surface area contributed by atoms with Crippen LogP contribution in [-0.4, -0.2) is 25.1 Å². The molecule has 0 atom stereocenters. The first-order valence-corrected chi connectivity index (χ1v) is 6.36. The van der Waals surface area contributed by atoms with E-state index in [4.69, 9.17) is 26.8 Å². The van der Waals surface area contributed by atoms with Gasteiger partial charge in [-0.15, -0.1) is 0 Å². The Morgan fingerprint density at radius 2 is 1.81 bits per heavy atom. The maximum Gasteiger partial charge on any atom is 0.257 e. The van der Waals surface area contributed by atoms with Gasteiger partial charge in [0.25, 0.3) is 5.91 Å². The van der Waals surface area contributed by atoms with Crippen LogP contribution in [0.25, 0.3) is 0 Å². The molecule has 1 amide bonds. The largest absolute Gasteiger partial charge is 0.497 e. The van der Waals surface area contributed by atoms with E-state index in [9.17, 15) is 4.79 Å². The van der Waals surface area contributed by atoms with Crippen molar-refractivity contribution in [3.63, 3.8) is 0 Å². The first-order chi connectivity index (χ1) is 10.0. The van der Waals surface area contributed by atoms with E-state index in [1.165, 1.54) is 26.5 Å². The number of benzene rings is 1. The number of aromatic nitrogens is 1. The van der Waals surface area contributed by atoms with Gasteiger partial charge in [0.15, 0.2) is 0 Å². The zero-order valence-corrected chi connectivity index (χ0v) is 12.3. The summed E-state index contributed by atoms with van der Waals surface area (Å²) in [5, 5.41) is 2.90. The number of methoxy groups -OCH3 is 2. The van der Waals surface area contributed by atoms with Crippen LogP contribution in [-0.2, 0) is 0 Å². The number of rotatable bonds is 4. The number of halogens is 1. The second-order valence-corrected chi connectivity index (χ2v) is 4.54. The Morgan fingerprint density at radius 1 is 1.19 bits per heavy atom. The van der Waals surface area contributed by atoms with Gasteiger partial charge < -0.3 is 20.5 Å². The van der Waals surface area contributed by atoms with Crippen LogP contribution in [0.15, 0.2) is 30.5 Å². The minimum atomic E-state index is -0.396. The minimum absolute atomic E-state index is 0.192. The minimum Gasteiger partial charge on any atom is -0.497 e. The van der Waals surface area contributed by atoms with Gasteiger partial charge in [0.05, 0.1) is 31.7 Å². The number of amides is 1. The maximum atomic E-state index is 12.2. The number of carbonyl (C=O) groups is 1. The number of carbonyl (C=O) groups excluding carboxylic acids is 1. The number of hydrogen-bond acceptors (Lipinski definition) is 5. The third kappa shape index (κ3) is 3.55. The van der Waals surface area contributed by atoms with Crippen LogP contribution in [0.4, 0.5) is 11.4 Å². The summed E-state index contributed by atoms with van der Waals surface area (Å²) in [7, 11) is 3.06. The molecular weight excluding hydrogens is 294 g/mol. The molecule has 0 spiro atoms. The Balaban J connectivity index is 2.28. The highest BCUT2D eigenvalue weighted by Gasteiger charge is 2.12. The molecule has 0 fully saturated rings. The molecule has 0 saturated carbocycles.